The highest BCUT2D eigenvalue weighted by Crippen LogP contribution is 2.13. The molecule has 0 bridgehead atoms. The van der Waals surface area contributed by atoms with E-state index < -0.39 is 6.10 Å². The average Bonchev–Trinajstić information content (AvgIpc) is 3.23. The van der Waals surface area contributed by atoms with Gasteiger partial charge in [-0.25, -0.2) is 0 Å². The third-order valence-corrected chi connectivity index (χ3v) is 10.2. The summed E-state index contributed by atoms with van der Waals surface area (Å²) in [5, 5.41) is 0. The molecule has 0 aromatic carbocycles. The molecule has 338 valence electrons. The average molecular weight is 823 g/mol. The lowest BCUT2D eigenvalue weighted by Gasteiger charge is -2.18. The number of carbonyl (C=O) groups is 3. The van der Waals surface area contributed by atoms with Gasteiger partial charge in [0.2, 0.25) is 0 Å². The van der Waals surface area contributed by atoms with Crippen molar-refractivity contribution in [3.05, 3.63) is 72.9 Å². The second-order valence-electron chi connectivity index (χ2n) is 16.0. The Bertz CT molecular complexity index is 1130. The summed E-state index contributed by atoms with van der Waals surface area (Å²) in [6.45, 7) is 6.34. The van der Waals surface area contributed by atoms with Gasteiger partial charge >= 0.3 is 17.9 Å². The van der Waals surface area contributed by atoms with Crippen molar-refractivity contribution in [2.24, 2.45) is 0 Å². The quantitative estimate of drug-likeness (QED) is 0.0264. The van der Waals surface area contributed by atoms with Crippen molar-refractivity contribution in [1.82, 2.24) is 0 Å². The van der Waals surface area contributed by atoms with E-state index in [1.165, 1.54) is 77.0 Å². The maximum Gasteiger partial charge on any atom is 0.306 e. The number of esters is 3. The third kappa shape index (κ3) is 45.8. The van der Waals surface area contributed by atoms with E-state index in [2.05, 4.69) is 93.7 Å². The normalized spacial score (nSPS) is 12.7. The Hall–Kier alpha value is -3.15. The third-order valence-electron chi connectivity index (χ3n) is 10.2. The molecule has 0 aliphatic rings. The van der Waals surface area contributed by atoms with E-state index in [0.29, 0.717) is 19.3 Å². The Labute approximate surface area is 363 Å². The molecule has 0 saturated carbocycles. The Morgan fingerprint density at radius 3 is 1.08 bits per heavy atom. The molecule has 1 atom stereocenters. The molecule has 0 N–H and O–H groups in total. The summed E-state index contributed by atoms with van der Waals surface area (Å²) >= 11 is 0. The van der Waals surface area contributed by atoms with Crippen molar-refractivity contribution in [3.8, 4) is 0 Å². The van der Waals surface area contributed by atoms with Gasteiger partial charge in [0.25, 0.3) is 0 Å². The fraction of sp³-hybridized carbons (Fsp3) is 0.717. The summed E-state index contributed by atoms with van der Waals surface area (Å²) in [4.78, 5) is 37.8. The van der Waals surface area contributed by atoms with Gasteiger partial charge in [-0.1, -0.05) is 177 Å². The molecule has 0 saturated heterocycles. The molecular weight excluding hydrogens is 733 g/mol. The summed E-state index contributed by atoms with van der Waals surface area (Å²) in [6, 6.07) is 0. The molecule has 6 heteroatoms. The van der Waals surface area contributed by atoms with E-state index in [9.17, 15) is 14.4 Å². The summed E-state index contributed by atoms with van der Waals surface area (Å²) < 4.78 is 16.7. The van der Waals surface area contributed by atoms with E-state index in [-0.39, 0.29) is 31.1 Å². The van der Waals surface area contributed by atoms with Crippen LogP contribution >= 0.6 is 0 Å². The minimum atomic E-state index is -0.796. The lowest BCUT2D eigenvalue weighted by atomic mass is 10.1. The first-order valence-corrected chi connectivity index (χ1v) is 24.4. The highest BCUT2D eigenvalue weighted by Gasteiger charge is 2.19. The molecule has 1 unspecified atom stereocenters. The van der Waals surface area contributed by atoms with Gasteiger partial charge in [-0.05, 0) is 103 Å². The first-order chi connectivity index (χ1) is 29.0. The van der Waals surface area contributed by atoms with Crippen LogP contribution in [-0.4, -0.2) is 37.2 Å². The largest absolute Gasteiger partial charge is 0.462 e. The van der Waals surface area contributed by atoms with Gasteiger partial charge in [0.1, 0.15) is 13.2 Å². The predicted octanol–water partition coefficient (Wildman–Crippen LogP) is 15.9. The van der Waals surface area contributed by atoms with Crippen LogP contribution in [-0.2, 0) is 28.6 Å². The molecule has 0 heterocycles. The molecule has 0 spiro atoms. The van der Waals surface area contributed by atoms with Crippen molar-refractivity contribution < 1.29 is 28.6 Å². The number of unbranched alkanes of at least 4 members (excludes halogenated alkanes) is 20. The Morgan fingerprint density at radius 1 is 0.356 bits per heavy atom. The highest BCUT2D eigenvalue weighted by atomic mass is 16.6. The molecule has 59 heavy (non-hydrogen) atoms. The summed E-state index contributed by atoms with van der Waals surface area (Å²) in [6.07, 6.45) is 59.0. The fourth-order valence-corrected chi connectivity index (χ4v) is 6.55. The van der Waals surface area contributed by atoms with E-state index >= 15 is 0 Å². The topological polar surface area (TPSA) is 78.9 Å². The SMILES string of the molecule is CC/C=C\C/C=C\C/C=C\CCCCCCCCC(=O)OCC(COC(=O)CCCC/C=C\C/C=C\CC)OC(=O)CCCCCCC/C=C\CCCCCCCCC. The molecule has 0 amide bonds. The van der Waals surface area contributed by atoms with E-state index in [4.69, 9.17) is 14.2 Å². The number of ether oxygens (including phenoxy) is 3. The van der Waals surface area contributed by atoms with Crippen LogP contribution in [0.2, 0.25) is 0 Å². The summed E-state index contributed by atoms with van der Waals surface area (Å²) in [7, 11) is 0. The van der Waals surface area contributed by atoms with Crippen molar-refractivity contribution >= 4 is 17.9 Å². The number of hydrogen-bond acceptors (Lipinski definition) is 6. The minimum absolute atomic E-state index is 0.0964. The van der Waals surface area contributed by atoms with Gasteiger partial charge in [0.05, 0.1) is 0 Å². The molecule has 0 aromatic heterocycles. The van der Waals surface area contributed by atoms with Gasteiger partial charge in [0, 0.05) is 19.3 Å². The lowest BCUT2D eigenvalue weighted by Crippen LogP contribution is -2.30. The van der Waals surface area contributed by atoms with Crippen LogP contribution in [0.25, 0.3) is 0 Å². The summed E-state index contributed by atoms with van der Waals surface area (Å²) in [5.41, 5.74) is 0. The monoisotopic (exact) mass is 823 g/mol. The zero-order valence-electron chi connectivity index (χ0n) is 38.5. The molecule has 0 aliphatic heterocycles. The Morgan fingerprint density at radius 2 is 0.661 bits per heavy atom. The highest BCUT2D eigenvalue weighted by molar-refractivity contribution is 5.71. The van der Waals surface area contributed by atoms with Crippen LogP contribution in [0.15, 0.2) is 72.9 Å². The zero-order chi connectivity index (χ0) is 43.0. The van der Waals surface area contributed by atoms with Crippen molar-refractivity contribution in [2.45, 2.75) is 232 Å². The van der Waals surface area contributed by atoms with Crippen LogP contribution in [0.5, 0.6) is 0 Å². The molecule has 0 aliphatic carbocycles. The smallest absolute Gasteiger partial charge is 0.306 e. The molecule has 0 rings (SSSR count). The molecule has 0 radical (unpaired) electrons. The second-order valence-corrected chi connectivity index (χ2v) is 16.0. The molecule has 6 nitrogen and oxygen atoms in total. The van der Waals surface area contributed by atoms with E-state index in [1.54, 1.807) is 0 Å². The predicted molar refractivity (Wildman–Crippen MR) is 251 cm³/mol. The second kappa shape index (κ2) is 47.5. The maximum absolute atomic E-state index is 12.8. The van der Waals surface area contributed by atoms with Gasteiger partial charge < -0.3 is 14.2 Å². The number of rotatable bonds is 43. The number of allylic oxidation sites excluding steroid dienone is 12. The Kier molecular flexibility index (Phi) is 45.0. The lowest BCUT2D eigenvalue weighted by molar-refractivity contribution is -0.167. The first kappa shape index (κ1) is 55.9. The first-order valence-electron chi connectivity index (χ1n) is 24.4. The van der Waals surface area contributed by atoms with Crippen molar-refractivity contribution in [3.63, 3.8) is 0 Å². The molecule has 0 aromatic rings. The van der Waals surface area contributed by atoms with E-state index in [0.717, 1.165) is 109 Å². The number of carbonyl (C=O) groups excluding carboxylic acids is 3. The van der Waals surface area contributed by atoms with Crippen LogP contribution in [0.3, 0.4) is 0 Å². The van der Waals surface area contributed by atoms with Crippen LogP contribution in [0.4, 0.5) is 0 Å². The van der Waals surface area contributed by atoms with Gasteiger partial charge in [0.15, 0.2) is 6.10 Å². The standard InChI is InChI=1S/C53H90O6/c1-4-7-10-13-16-19-21-23-25-27-29-31-34-37-40-43-46-52(55)58-49-50(48-57-51(54)45-42-39-36-33-18-15-12-9-6-3)59-53(56)47-44-41-38-35-32-30-28-26-24-22-20-17-14-11-8-5-2/h7,9-10,12,16,18-19,23,25-26,28,33,50H,4-6,8,11,13-15,17,20-22,24,27,29-32,34-49H2,1-3H3/b10-7-,12-9-,19-16-,25-23-,28-26-,33-18-. The molecular formula is C53H90O6. The fourth-order valence-electron chi connectivity index (χ4n) is 6.55. The van der Waals surface area contributed by atoms with Gasteiger partial charge in [-0.2, -0.15) is 0 Å². The van der Waals surface area contributed by atoms with Crippen LogP contribution in [0, 0.1) is 0 Å². The summed E-state index contributed by atoms with van der Waals surface area (Å²) in [5.74, 6) is -0.957. The zero-order valence-corrected chi connectivity index (χ0v) is 38.5. The van der Waals surface area contributed by atoms with Gasteiger partial charge in [-0.15, -0.1) is 0 Å². The van der Waals surface area contributed by atoms with Crippen LogP contribution < -0.4 is 0 Å². The Balaban J connectivity index is 4.39. The maximum atomic E-state index is 12.8. The number of hydrogen-bond donors (Lipinski definition) is 0. The van der Waals surface area contributed by atoms with E-state index in [1.807, 2.05) is 0 Å². The minimum Gasteiger partial charge on any atom is -0.462 e. The van der Waals surface area contributed by atoms with Crippen molar-refractivity contribution in [1.29, 1.82) is 0 Å². The molecule has 0 fully saturated rings. The van der Waals surface area contributed by atoms with Gasteiger partial charge in [-0.3, -0.25) is 14.4 Å². The van der Waals surface area contributed by atoms with Crippen molar-refractivity contribution in [2.75, 3.05) is 13.2 Å². The van der Waals surface area contributed by atoms with Crippen LogP contribution in [0.1, 0.15) is 226 Å².